The van der Waals surface area contributed by atoms with Gasteiger partial charge >= 0.3 is 0 Å². The number of aryl methyl sites for hydroxylation is 2. The van der Waals surface area contributed by atoms with Gasteiger partial charge in [0, 0.05) is 25.0 Å². The minimum atomic E-state index is -3.86. The second-order valence-corrected chi connectivity index (χ2v) is 10.3. The minimum absolute atomic E-state index is 0.165. The van der Waals surface area contributed by atoms with Gasteiger partial charge in [0.2, 0.25) is 15.9 Å². The van der Waals surface area contributed by atoms with Crippen LogP contribution in [-0.2, 0) is 21.2 Å². The van der Waals surface area contributed by atoms with Crippen molar-refractivity contribution < 1.29 is 13.2 Å². The van der Waals surface area contributed by atoms with Crippen LogP contribution < -0.4 is 0 Å². The molecule has 1 amide bonds. The van der Waals surface area contributed by atoms with Gasteiger partial charge in [-0.3, -0.25) is 9.89 Å². The van der Waals surface area contributed by atoms with Crippen LogP contribution in [0.3, 0.4) is 0 Å². The van der Waals surface area contributed by atoms with Crippen molar-refractivity contribution in [2.45, 2.75) is 31.2 Å². The summed E-state index contributed by atoms with van der Waals surface area (Å²) >= 11 is 1.67. The maximum Gasteiger partial charge on any atom is 0.247 e. The Morgan fingerprint density at radius 3 is 2.50 bits per heavy atom. The van der Waals surface area contributed by atoms with Crippen LogP contribution in [0.4, 0.5) is 0 Å². The van der Waals surface area contributed by atoms with E-state index < -0.39 is 16.1 Å². The monoisotopic (exact) mass is 444 g/mol. The van der Waals surface area contributed by atoms with Crippen LogP contribution in [0.15, 0.2) is 46.7 Å². The van der Waals surface area contributed by atoms with Crippen molar-refractivity contribution in [2.24, 2.45) is 0 Å². The fraction of sp³-hybridized carbons (Fsp3) is 0.333. The summed E-state index contributed by atoms with van der Waals surface area (Å²) in [7, 11) is -2.14. The Hall–Kier alpha value is -2.49. The van der Waals surface area contributed by atoms with Gasteiger partial charge in [-0.15, -0.1) is 11.3 Å². The van der Waals surface area contributed by atoms with E-state index in [0.717, 1.165) is 11.1 Å². The van der Waals surface area contributed by atoms with Crippen LogP contribution in [0.1, 0.15) is 17.0 Å². The summed E-state index contributed by atoms with van der Waals surface area (Å²) < 4.78 is 28.2. The van der Waals surface area contributed by atoms with Gasteiger partial charge in [-0.25, -0.2) is 8.42 Å². The van der Waals surface area contributed by atoms with Crippen molar-refractivity contribution in [1.29, 1.82) is 0 Å². The standard InChI is InChI=1S/C21H24N4O3S2/c1-14-20(15(2)23-22-14)30(27,28)25-11-10-24(3)21(26)18(25)13-16-6-8-17(9-7-16)19-5-4-12-29-19/h4-9,12,18H,10-11,13H2,1-3H3,(H,22,23)/t18-/m1/s1. The molecule has 7 nitrogen and oxygen atoms in total. The molecule has 0 spiro atoms. The van der Waals surface area contributed by atoms with E-state index in [1.807, 2.05) is 35.7 Å². The lowest BCUT2D eigenvalue weighted by Gasteiger charge is -2.38. The van der Waals surface area contributed by atoms with E-state index in [1.54, 1.807) is 37.1 Å². The van der Waals surface area contributed by atoms with Crippen LogP contribution >= 0.6 is 11.3 Å². The number of carbonyl (C=O) groups excluding carboxylic acids is 1. The number of benzene rings is 1. The third-order valence-corrected chi connectivity index (χ3v) is 8.57. The molecule has 2 aromatic heterocycles. The number of likely N-dealkylation sites (N-methyl/N-ethyl adjacent to an activating group) is 1. The molecule has 1 aromatic carbocycles. The SMILES string of the molecule is Cc1n[nH]c(C)c1S(=O)(=O)N1CCN(C)C(=O)[C@H]1Cc1ccc(-c2cccs2)cc1. The number of sulfonamides is 1. The largest absolute Gasteiger partial charge is 0.343 e. The number of nitrogens with zero attached hydrogens (tertiary/aromatic N) is 3. The average molecular weight is 445 g/mol. The van der Waals surface area contributed by atoms with E-state index >= 15 is 0 Å². The molecule has 1 aliphatic heterocycles. The number of nitrogens with one attached hydrogen (secondary N) is 1. The van der Waals surface area contributed by atoms with Gasteiger partial charge < -0.3 is 4.90 Å². The van der Waals surface area contributed by atoms with Crippen LogP contribution in [0, 0.1) is 13.8 Å². The smallest absolute Gasteiger partial charge is 0.247 e. The molecule has 1 atom stereocenters. The highest BCUT2D eigenvalue weighted by atomic mass is 32.2. The molecule has 3 aromatic rings. The second kappa shape index (κ2) is 7.98. The zero-order valence-corrected chi connectivity index (χ0v) is 18.8. The zero-order chi connectivity index (χ0) is 21.5. The molecule has 0 unspecified atom stereocenters. The highest BCUT2D eigenvalue weighted by Gasteiger charge is 2.42. The quantitative estimate of drug-likeness (QED) is 0.656. The summed E-state index contributed by atoms with van der Waals surface area (Å²) in [5.41, 5.74) is 2.93. The molecular formula is C21H24N4O3S2. The van der Waals surface area contributed by atoms with E-state index in [0.29, 0.717) is 24.4 Å². The van der Waals surface area contributed by atoms with Crippen LogP contribution in [0.2, 0.25) is 0 Å². The number of hydrogen-bond donors (Lipinski definition) is 1. The first-order chi connectivity index (χ1) is 14.3. The maximum atomic E-state index is 13.4. The molecule has 0 aliphatic carbocycles. The fourth-order valence-electron chi connectivity index (χ4n) is 3.88. The first-order valence-electron chi connectivity index (χ1n) is 9.70. The highest BCUT2D eigenvalue weighted by molar-refractivity contribution is 7.89. The number of hydrogen-bond acceptors (Lipinski definition) is 5. The molecule has 30 heavy (non-hydrogen) atoms. The van der Waals surface area contributed by atoms with Gasteiger partial charge in [-0.1, -0.05) is 30.3 Å². The van der Waals surface area contributed by atoms with Crippen molar-refractivity contribution in [3.8, 4) is 10.4 Å². The second-order valence-electron chi connectivity index (χ2n) is 7.53. The number of thiophene rings is 1. The van der Waals surface area contributed by atoms with Gasteiger partial charge in [0.05, 0.1) is 11.4 Å². The minimum Gasteiger partial charge on any atom is -0.343 e. The van der Waals surface area contributed by atoms with E-state index in [4.69, 9.17) is 0 Å². The maximum absolute atomic E-state index is 13.4. The van der Waals surface area contributed by atoms with Gasteiger partial charge in [-0.2, -0.15) is 9.40 Å². The summed E-state index contributed by atoms with van der Waals surface area (Å²) in [5, 5.41) is 8.80. The van der Waals surface area contributed by atoms with Crippen molar-refractivity contribution in [3.63, 3.8) is 0 Å². The number of aromatic nitrogens is 2. The van der Waals surface area contributed by atoms with Crippen molar-refractivity contribution in [1.82, 2.24) is 19.4 Å². The zero-order valence-electron chi connectivity index (χ0n) is 17.1. The lowest BCUT2D eigenvalue weighted by Crippen LogP contribution is -2.58. The number of rotatable bonds is 5. The number of amides is 1. The van der Waals surface area contributed by atoms with Gasteiger partial charge in [0.15, 0.2) is 0 Å². The van der Waals surface area contributed by atoms with Crippen LogP contribution in [0.5, 0.6) is 0 Å². The Morgan fingerprint density at radius 1 is 1.17 bits per heavy atom. The highest BCUT2D eigenvalue weighted by Crippen LogP contribution is 2.29. The van der Waals surface area contributed by atoms with Gasteiger partial charge in [0.1, 0.15) is 10.9 Å². The Balaban J connectivity index is 1.65. The predicted molar refractivity (Wildman–Crippen MR) is 117 cm³/mol. The Bertz CT molecular complexity index is 1130. The molecule has 158 valence electrons. The number of piperazine rings is 1. The predicted octanol–water partition coefficient (Wildman–Crippen LogP) is 2.83. The fourth-order valence-corrected chi connectivity index (χ4v) is 6.52. The molecule has 0 saturated carbocycles. The number of aromatic amines is 1. The van der Waals surface area contributed by atoms with Crippen molar-refractivity contribution in [3.05, 3.63) is 58.7 Å². The van der Waals surface area contributed by atoms with Gasteiger partial charge in [0.25, 0.3) is 0 Å². The normalized spacial score (nSPS) is 18.2. The molecule has 0 radical (unpaired) electrons. The molecule has 3 heterocycles. The number of carbonyl (C=O) groups is 1. The van der Waals surface area contributed by atoms with E-state index in [-0.39, 0.29) is 17.3 Å². The molecule has 1 N–H and O–H groups in total. The van der Waals surface area contributed by atoms with Crippen molar-refractivity contribution >= 4 is 27.3 Å². The van der Waals surface area contributed by atoms with Gasteiger partial charge in [-0.05, 0) is 42.8 Å². The lowest BCUT2D eigenvalue weighted by molar-refractivity contribution is -0.137. The average Bonchev–Trinajstić information content (AvgIpc) is 3.36. The molecule has 0 bridgehead atoms. The molecule has 1 aliphatic rings. The Labute approximate surface area is 180 Å². The molecule has 4 rings (SSSR count). The third-order valence-electron chi connectivity index (χ3n) is 5.48. The van der Waals surface area contributed by atoms with Crippen LogP contribution in [-0.4, -0.2) is 59.9 Å². The summed E-state index contributed by atoms with van der Waals surface area (Å²) in [4.78, 5) is 15.9. The first-order valence-corrected chi connectivity index (χ1v) is 12.0. The summed E-state index contributed by atoms with van der Waals surface area (Å²) in [5.74, 6) is -0.189. The van der Waals surface area contributed by atoms with E-state index in [2.05, 4.69) is 16.3 Å². The van der Waals surface area contributed by atoms with Crippen molar-refractivity contribution in [2.75, 3.05) is 20.1 Å². The number of H-pyrrole nitrogens is 1. The van der Waals surface area contributed by atoms with Crippen LogP contribution in [0.25, 0.3) is 10.4 Å². The Kier molecular flexibility index (Phi) is 5.52. The molecule has 9 heteroatoms. The molecule has 1 saturated heterocycles. The summed E-state index contributed by atoms with van der Waals surface area (Å²) in [6.45, 7) is 3.96. The summed E-state index contributed by atoms with van der Waals surface area (Å²) in [6.07, 6.45) is 0.322. The first kappa shape index (κ1) is 20.8. The van der Waals surface area contributed by atoms with E-state index in [1.165, 1.54) is 9.18 Å². The van der Waals surface area contributed by atoms with E-state index in [9.17, 15) is 13.2 Å². The third kappa shape index (κ3) is 3.68. The topological polar surface area (TPSA) is 86.4 Å². The molecular weight excluding hydrogens is 420 g/mol. The lowest BCUT2D eigenvalue weighted by atomic mass is 10.0. The Morgan fingerprint density at radius 2 is 1.90 bits per heavy atom. The summed E-state index contributed by atoms with van der Waals surface area (Å²) in [6, 6.07) is 11.3. The molecule has 1 fully saturated rings.